The van der Waals surface area contributed by atoms with Crippen molar-refractivity contribution >= 4 is 24.0 Å². The Hall–Kier alpha value is -2.94. The highest BCUT2D eigenvalue weighted by molar-refractivity contribution is 6.05. The van der Waals surface area contributed by atoms with E-state index in [2.05, 4.69) is 17.2 Å². The van der Waals surface area contributed by atoms with Crippen molar-refractivity contribution in [2.75, 3.05) is 0 Å². The number of carbonyl (C=O) groups excluding carboxylic acids is 4. The van der Waals surface area contributed by atoms with E-state index < -0.39 is 11.9 Å². The molecule has 6 nitrogen and oxygen atoms in total. The van der Waals surface area contributed by atoms with Crippen LogP contribution in [-0.4, -0.2) is 34.9 Å². The summed E-state index contributed by atoms with van der Waals surface area (Å²) in [6.45, 7) is 0.372. The van der Waals surface area contributed by atoms with Gasteiger partial charge in [-0.25, -0.2) is 0 Å². The first kappa shape index (κ1) is 20.8. The van der Waals surface area contributed by atoms with Gasteiger partial charge in [-0.15, -0.1) is 0 Å². The molecular weight excluding hydrogens is 368 g/mol. The number of hydrogen-bond acceptors (Lipinski definition) is 4. The number of hydrogen-bond donors (Lipinski definition) is 1. The number of imide groups is 1. The number of rotatable bonds is 8. The molecule has 2 heterocycles. The van der Waals surface area contributed by atoms with Crippen molar-refractivity contribution in [1.29, 1.82) is 0 Å². The summed E-state index contributed by atoms with van der Waals surface area (Å²) in [5.41, 5.74) is 2.35. The van der Waals surface area contributed by atoms with E-state index in [-0.39, 0.29) is 18.2 Å². The van der Waals surface area contributed by atoms with Gasteiger partial charge >= 0.3 is 0 Å². The Morgan fingerprint density at radius 3 is 2.69 bits per heavy atom. The fourth-order valence-corrected chi connectivity index (χ4v) is 3.79. The van der Waals surface area contributed by atoms with Gasteiger partial charge in [0, 0.05) is 36.9 Å². The maximum absolute atomic E-state index is 12.7. The second kappa shape index (κ2) is 10.0. The highest BCUT2D eigenvalue weighted by atomic mass is 16.2. The summed E-state index contributed by atoms with van der Waals surface area (Å²) in [5.74, 6) is 5.50. The van der Waals surface area contributed by atoms with Crippen molar-refractivity contribution < 1.29 is 19.2 Å². The van der Waals surface area contributed by atoms with E-state index in [0.29, 0.717) is 24.9 Å². The second-order valence-electron chi connectivity index (χ2n) is 7.55. The third kappa shape index (κ3) is 5.32. The summed E-state index contributed by atoms with van der Waals surface area (Å²) in [7, 11) is 0. The minimum Gasteiger partial charge on any atom is -0.322 e. The average Bonchev–Trinajstić information content (AvgIpc) is 3.02. The molecule has 1 saturated heterocycles. The zero-order valence-electron chi connectivity index (χ0n) is 16.5. The van der Waals surface area contributed by atoms with Gasteiger partial charge in [-0.2, -0.15) is 0 Å². The number of nitrogens with one attached hydrogen (secondary N) is 1. The molecule has 3 amide bonds. The lowest BCUT2D eigenvalue weighted by Crippen LogP contribution is -2.52. The molecule has 152 valence electrons. The van der Waals surface area contributed by atoms with Gasteiger partial charge in [0.25, 0.3) is 5.91 Å². The number of fused-ring (bicyclic) bond motifs is 1. The fourth-order valence-electron chi connectivity index (χ4n) is 3.79. The van der Waals surface area contributed by atoms with Crippen molar-refractivity contribution in [3.63, 3.8) is 0 Å². The number of aldehydes is 1. The van der Waals surface area contributed by atoms with E-state index in [4.69, 9.17) is 0 Å². The van der Waals surface area contributed by atoms with Gasteiger partial charge in [0.05, 0.1) is 0 Å². The molecule has 1 fully saturated rings. The lowest BCUT2D eigenvalue weighted by Gasteiger charge is -2.29. The molecule has 1 aromatic carbocycles. The molecule has 1 aromatic rings. The summed E-state index contributed by atoms with van der Waals surface area (Å²) in [4.78, 5) is 47.9. The predicted octanol–water partition coefficient (Wildman–Crippen LogP) is 2.73. The third-order valence-electron chi connectivity index (χ3n) is 5.38. The summed E-state index contributed by atoms with van der Waals surface area (Å²) in [5, 5.41) is 2.31. The Bertz CT molecular complexity index is 865. The van der Waals surface area contributed by atoms with Crippen LogP contribution in [0.4, 0.5) is 0 Å². The van der Waals surface area contributed by atoms with Crippen LogP contribution in [0.25, 0.3) is 0 Å². The maximum Gasteiger partial charge on any atom is 0.255 e. The summed E-state index contributed by atoms with van der Waals surface area (Å²) < 4.78 is 0. The lowest BCUT2D eigenvalue weighted by atomic mass is 10.0. The molecule has 6 heteroatoms. The molecule has 0 aromatic heterocycles. The molecular formula is C23H26N2O4. The molecule has 1 unspecified atom stereocenters. The van der Waals surface area contributed by atoms with Crippen molar-refractivity contribution in [3.05, 3.63) is 34.9 Å². The summed E-state index contributed by atoms with van der Waals surface area (Å²) >= 11 is 0. The van der Waals surface area contributed by atoms with Crippen LogP contribution in [0.3, 0.4) is 0 Å². The number of amides is 3. The SMILES string of the molecule is O=CCCCCCCCC#Cc1ccc2c(c1)CN(C1CCC(=O)NC1=O)C2=O. The lowest BCUT2D eigenvalue weighted by molar-refractivity contribution is -0.136. The van der Waals surface area contributed by atoms with Crippen LogP contribution < -0.4 is 5.32 Å². The predicted molar refractivity (Wildman–Crippen MR) is 108 cm³/mol. The highest BCUT2D eigenvalue weighted by Crippen LogP contribution is 2.28. The number of benzene rings is 1. The minimum absolute atomic E-state index is 0.163. The summed E-state index contributed by atoms with van der Waals surface area (Å²) in [6.07, 6.45) is 8.43. The maximum atomic E-state index is 12.7. The molecule has 0 saturated carbocycles. The van der Waals surface area contributed by atoms with Crippen molar-refractivity contribution in [3.8, 4) is 11.8 Å². The Morgan fingerprint density at radius 2 is 1.90 bits per heavy atom. The van der Waals surface area contributed by atoms with Gasteiger partial charge in [-0.05, 0) is 43.0 Å². The van der Waals surface area contributed by atoms with Gasteiger partial charge in [0.15, 0.2) is 0 Å². The monoisotopic (exact) mass is 394 g/mol. The van der Waals surface area contributed by atoms with Crippen LogP contribution in [0.1, 0.15) is 79.3 Å². The topological polar surface area (TPSA) is 83.6 Å². The number of nitrogens with zero attached hydrogens (tertiary/aromatic N) is 1. The smallest absolute Gasteiger partial charge is 0.255 e. The van der Waals surface area contributed by atoms with Crippen LogP contribution in [0.15, 0.2) is 18.2 Å². The van der Waals surface area contributed by atoms with E-state index in [1.54, 1.807) is 11.0 Å². The first-order chi connectivity index (χ1) is 14.1. The standard InChI is InChI=1S/C23H26N2O4/c26-14-8-6-4-2-1-3-5-7-9-17-10-11-19-18(15-17)16-25(23(19)29)20-12-13-21(27)24-22(20)28/h10-11,14-15,20H,1-6,8,12-13,16H2,(H,24,27,28). The Labute approximate surface area is 171 Å². The zero-order chi connectivity index (χ0) is 20.6. The molecule has 1 atom stereocenters. The molecule has 0 radical (unpaired) electrons. The second-order valence-corrected chi connectivity index (χ2v) is 7.55. The van der Waals surface area contributed by atoms with Crippen molar-refractivity contribution in [2.45, 2.75) is 70.4 Å². The fraction of sp³-hybridized carbons (Fsp3) is 0.478. The summed E-state index contributed by atoms with van der Waals surface area (Å²) in [6, 6.07) is 4.96. The van der Waals surface area contributed by atoms with Gasteiger partial charge in [-0.1, -0.05) is 31.1 Å². The van der Waals surface area contributed by atoms with Gasteiger partial charge < -0.3 is 9.69 Å². The van der Waals surface area contributed by atoms with Crippen molar-refractivity contribution in [1.82, 2.24) is 10.2 Å². The van der Waals surface area contributed by atoms with Crippen LogP contribution >= 0.6 is 0 Å². The van der Waals surface area contributed by atoms with Crippen molar-refractivity contribution in [2.24, 2.45) is 0 Å². The van der Waals surface area contributed by atoms with Gasteiger partial charge in [0.1, 0.15) is 12.3 Å². The van der Waals surface area contributed by atoms with Crippen LogP contribution in [0.5, 0.6) is 0 Å². The highest BCUT2D eigenvalue weighted by Gasteiger charge is 2.38. The molecule has 1 N–H and O–H groups in total. The number of piperidine rings is 1. The first-order valence-electron chi connectivity index (χ1n) is 10.3. The van der Waals surface area contributed by atoms with E-state index in [9.17, 15) is 19.2 Å². The molecule has 29 heavy (non-hydrogen) atoms. The Balaban J connectivity index is 1.52. The van der Waals surface area contributed by atoms with Crippen LogP contribution in [0.2, 0.25) is 0 Å². The molecule has 0 spiro atoms. The Kier molecular flexibility index (Phi) is 7.18. The average molecular weight is 394 g/mol. The first-order valence-corrected chi connectivity index (χ1v) is 10.3. The molecule has 0 bridgehead atoms. The molecule has 2 aliphatic heterocycles. The minimum atomic E-state index is -0.589. The van der Waals surface area contributed by atoms with Crippen LogP contribution in [-0.2, 0) is 20.9 Å². The largest absolute Gasteiger partial charge is 0.322 e. The van der Waals surface area contributed by atoms with E-state index >= 15 is 0 Å². The normalized spacial score (nSPS) is 18.1. The molecule has 2 aliphatic rings. The third-order valence-corrected chi connectivity index (χ3v) is 5.38. The number of unbranched alkanes of at least 4 members (excludes halogenated alkanes) is 6. The zero-order valence-corrected chi connectivity index (χ0v) is 16.5. The quantitative estimate of drug-likeness (QED) is 0.318. The number of carbonyl (C=O) groups is 4. The van der Waals surface area contributed by atoms with Crippen LogP contribution in [0, 0.1) is 11.8 Å². The van der Waals surface area contributed by atoms with Gasteiger partial charge in [0.2, 0.25) is 11.8 Å². The molecule has 0 aliphatic carbocycles. The van der Waals surface area contributed by atoms with E-state index in [0.717, 1.165) is 55.9 Å². The molecule has 3 rings (SSSR count). The van der Waals surface area contributed by atoms with E-state index in [1.165, 1.54) is 0 Å². The Morgan fingerprint density at radius 1 is 1.10 bits per heavy atom. The van der Waals surface area contributed by atoms with E-state index in [1.807, 2.05) is 12.1 Å². The van der Waals surface area contributed by atoms with Gasteiger partial charge in [-0.3, -0.25) is 19.7 Å².